The molecule has 1 atom stereocenters. The Morgan fingerprint density at radius 1 is 1.44 bits per heavy atom. The minimum Gasteiger partial charge on any atom is -0.323 e. The molecule has 0 amide bonds. The van der Waals surface area contributed by atoms with Crippen molar-refractivity contribution in [2.45, 2.75) is 38.8 Å². The molecule has 0 aromatic carbocycles. The highest BCUT2D eigenvalue weighted by atomic mass is 32.1. The van der Waals surface area contributed by atoms with E-state index in [1.807, 2.05) is 0 Å². The van der Waals surface area contributed by atoms with Crippen LogP contribution in [0.4, 0.5) is 0 Å². The number of nitrogens with one attached hydrogen (secondary N) is 1. The molecule has 3 N–H and O–H groups in total. The smallest absolute Gasteiger partial charge is 0.0409 e. The lowest BCUT2D eigenvalue weighted by molar-refractivity contribution is 0.0896. The van der Waals surface area contributed by atoms with Gasteiger partial charge in [-0.15, -0.1) is 11.3 Å². The van der Waals surface area contributed by atoms with Crippen molar-refractivity contribution in [3.05, 3.63) is 21.9 Å². The lowest BCUT2D eigenvalue weighted by atomic mass is 9.91. The van der Waals surface area contributed by atoms with Gasteiger partial charge in [0.25, 0.3) is 0 Å². The van der Waals surface area contributed by atoms with Crippen LogP contribution in [0.2, 0.25) is 0 Å². The molecule has 4 heteroatoms. The lowest BCUT2D eigenvalue weighted by Crippen LogP contribution is -2.54. The number of aryl methyl sites for hydroxylation is 1. The Morgan fingerprint density at radius 2 is 2.11 bits per heavy atom. The molecule has 2 rings (SSSR count). The summed E-state index contributed by atoms with van der Waals surface area (Å²) in [4.78, 5) is 3.91. The Labute approximate surface area is 114 Å². The van der Waals surface area contributed by atoms with Gasteiger partial charge in [-0.2, -0.15) is 0 Å². The number of nitrogens with zero attached hydrogens (tertiary/aromatic N) is 1. The molecule has 0 radical (unpaired) electrons. The summed E-state index contributed by atoms with van der Waals surface area (Å²) in [5, 5.41) is 5.55. The maximum Gasteiger partial charge on any atom is 0.0409 e. The molecule has 0 saturated carbocycles. The van der Waals surface area contributed by atoms with Crippen LogP contribution >= 0.6 is 11.3 Å². The first-order chi connectivity index (χ1) is 8.50. The van der Waals surface area contributed by atoms with E-state index in [2.05, 4.69) is 42.4 Å². The third-order valence-electron chi connectivity index (χ3n) is 3.93. The van der Waals surface area contributed by atoms with Gasteiger partial charge in [-0.25, -0.2) is 0 Å². The molecule has 18 heavy (non-hydrogen) atoms. The molecule has 0 bridgehead atoms. The van der Waals surface area contributed by atoms with Crippen molar-refractivity contribution in [3.63, 3.8) is 0 Å². The average molecular weight is 267 g/mol. The molecule has 0 aliphatic carbocycles. The second-order valence-corrected chi connectivity index (χ2v) is 6.78. The lowest BCUT2D eigenvalue weighted by Gasteiger charge is -2.42. The molecule has 1 aromatic rings. The van der Waals surface area contributed by atoms with Crippen molar-refractivity contribution in [2.75, 3.05) is 26.2 Å². The topological polar surface area (TPSA) is 41.3 Å². The van der Waals surface area contributed by atoms with Gasteiger partial charge in [0.1, 0.15) is 0 Å². The molecule has 0 spiro atoms. The predicted octanol–water partition coefficient (Wildman–Crippen LogP) is 2.13. The van der Waals surface area contributed by atoms with Crippen LogP contribution in [0, 0.1) is 6.92 Å². The summed E-state index contributed by atoms with van der Waals surface area (Å²) in [6, 6.07) is 2.33. The third kappa shape index (κ3) is 3.12. The summed E-state index contributed by atoms with van der Waals surface area (Å²) in [5.41, 5.74) is 7.92. The van der Waals surface area contributed by atoms with Crippen LogP contribution in [0.3, 0.4) is 0 Å². The number of thiophene rings is 1. The third-order valence-corrected chi connectivity index (χ3v) is 5.08. The zero-order valence-electron chi connectivity index (χ0n) is 11.7. The summed E-state index contributed by atoms with van der Waals surface area (Å²) in [7, 11) is 0. The van der Waals surface area contributed by atoms with E-state index in [0.29, 0.717) is 0 Å². The van der Waals surface area contributed by atoms with Gasteiger partial charge in [0.2, 0.25) is 0 Å². The van der Waals surface area contributed by atoms with Gasteiger partial charge < -0.3 is 11.1 Å². The van der Waals surface area contributed by atoms with E-state index in [9.17, 15) is 0 Å². The Morgan fingerprint density at radius 3 is 2.67 bits per heavy atom. The number of hydrogen-bond acceptors (Lipinski definition) is 4. The van der Waals surface area contributed by atoms with Crippen LogP contribution < -0.4 is 11.1 Å². The number of rotatable bonds is 4. The van der Waals surface area contributed by atoms with Crippen LogP contribution in [0.5, 0.6) is 0 Å². The van der Waals surface area contributed by atoms with Crippen molar-refractivity contribution in [3.8, 4) is 0 Å². The zero-order valence-corrected chi connectivity index (χ0v) is 12.5. The van der Waals surface area contributed by atoms with Gasteiger partial charge in [0, 0.05) is 42.6 Å². The van der Waals surface area contributed by atoms with Crippen molar-refractivity contribution < 1.29 is 0 Å². The molecular weight excluding hydrogens is 242 g/mol. The fourth-order valence-corrected chi connectivity index (χ4v) is 3.73. The van der Waals surface area contributed by atoms with E-state index in [-0.39, 0.29) is 11.6 Å². The van der Waals surface area contributed by atoms with Crippen molar-refractivity contribution in [1.29, 1.82) is 0 Å². The summed E-state index contributed by atoms with van der Waals surface area (Å²) >= 11 is 1.79. The molecular formula is C14H25N3S. The van der Waals surface area contributed by atoms with Crippen LogP contribution in [0.25, 0.3) is 0 Å². The summed E-state index contributed by atoms with van der Waals surface area (Å²) in [6.07, 6.45) is 1.02. The van der Waals surface area contributed by atoms with E-state index in [1.54, 1.807) is 11.3 Å². The molecule has 1 aliphatic rings. The summed E-state index contributed by atoms with van der Waals surface area (Å²) in [6.45, 7) is 11.2. The van der Waals surface area contributed by atoms with Crippen molar-refractivity contribution in [2.24, 2.45) is 5.73 Å². The number of hydrogen-bond donors (Lipinski definition) is 2. The molecule has 1 fully saturated rings. The van der Waals surface area contributed by atoms with Gasteiger partial charge in [-0.3, -0.25) is 4.90 Å². The van der Waals surface area contributed by atoms with E-state index in [4.69, 9.17) is 5.73 Å². The van der Waals surface area contributed by atoms with Crippen LogP contribution in [-0.4, -0.2) is 36.6 Å². The Bertz CT molecular complexity index is 380. The molecule has 1 unspecified atom stereocenters. The summed E-state index contributed by atoms with van der Waals surface area (Å²) in [5.74, 6) is 0. The van der Waals surface area contributed by atoms with Gasteiger partial charge >= 0.3 is 0 Å². The highest BCUT2D eigenvalue weighted by Crippen LogP contribution is 2.31. The van der Waals surface area contributed by atoms with E-state index in [1.165, 1.54) is 10.4 Å². The van der Waals surface area contributed by atoms with Crippen molar-refractivity contribution >= 4 is 11.3 Å². The standard InChI is InChI=1S/C14H25N3S/c1-11-4-9-18-13(11)12(15)10-14(2,3)17-7-5-16-6-8-17/h4,9,12,16H,5-8,10,15H2,1-3H3. The van der Waals surface area contributed by atoms with Crippen LogP contribution in [0.1, 0.15) is 36.8 Å². The first kappa shape index (κ1) is 14.0. The minimum atomic E-state index is 0.162. The Kier molecular flexibility index (Phi) is 4.43. The quantitative estimate of drug-likeness (QED) is 0.878. The molecule has 1 aromatic heterocycles. The van der Waals surface area contributed by atoms with Gasteiger partial charge in [0.05, 0.1) is 0 Å². The second-order valence-electron chi connectivity index (χ2n) is 5.83. The van der Waals surface area contributed by atoms with Gasteiger partial charge in [-0.1, -0.05) is 0 Å². The highest BCUT2D eigenvalue weighted by Gasteiger charge is 2.30. The first-order valence-corrected chi connectivity index (χ1v) is 7.64. The molecule has 102 valence electrons. The monoisotopic (exact) mass is 267 g/mol. The van der Waals surface area contributed by atoms with Gasteiger partial charge in [0.15, 0.2) is 0 Å². The highest BCUT2D eigenvalue weighted by molar-refractivity contribution is 7.10. The molecule has 1 saturated heterocycles. The fraction of sp³-hybridized carbons (Fsp3) is 0.714. The normalized spacial score (nSPS) is 20.0. The number of nitrogens with two attached hydrogens (primary N) is 1. The Hall–Kier alpha value is -0.420. The van der Waals surface area contributed by atoms with Crippen LogP contribution in [-0.2, 0) is 0 Å². The summed E-state index contributed by atoms with van der Waals surface area (Å²) < 4.78 is 0. The zero-order chi connectivity index (χ0) is 13.2. The maximum absolute atomic E-state index is 6.40. The molecule has 3 nitrogen and oxygen atoms in total. The fourth-order valence-electron chi connectivity index (χ4n) is 2.79. The minimum absolute atomic E-state index is 0.162. The maximum atomic E-state index is 6.40. The van der Waals surface area contributed by atoms with E-state index in [0.717, 1.165) is 32.6 Å². The van der Waals surface area contributed by atoms with Crippen molar-refractivity contribution in [1.82, 2.24) is 10.2 Å². The second kappa shape index (κ2) is 5.70. The van der Waals surface area contributed by atoms with Crippen LogP contribution in [0.15, 0.2) is 11.4 Å². The molecule has 2 heterocycles. The molecule has 1 aliphatic heterocycles. The van der Waals surface area contributed by atoms with Gasteiger partial charge in [-0.05, 0) is 44.2 Å². The predicted molar refractivity (Wildman–Crippen MR) is 79.1 cm³/mol. The average Bonchev–Trinajstić information content (AvgIpc) is 2.76. The Balaban J connectivity index is 2.00. The SMILES string of the molecule is Cc1ccsc1C(N)CC(C)(C)N1CCNCC1. The first-order valence-electron chi connectivity index (χ1n) is 6.76. The van der Waals surface area contributed by atoms with E-state index < -0.39 is 0 Å². The van der Waals surface area contributed by atoms with E-state index >= 15 is 0 Å². The number of piperazine rings is 1. The largest absolute Gasteiger partial charge is 0.323 e.